The second-order valence-corrected chi connectivity index (χ2v) is 7.06. The lowest BCUT2D eigenvalue weighted by molar-refractivity contribution is -0.383. The average molecular weight is 394 g/mol. The summed E-state index contributed by atoms with van der Waals surface area (Å²) in [7, 11) is 0. The Morgan fingerprint density at radius 1 is 1.17 bits per heavy atom. The molecule has 1 aliphatic heterocycles. The van der Waals surface area contributed by atoms with E-state index in [0.717, 1.165) is 28.9 Å². The average Bonchev–Trinajstić information content (AvgIpc) is 2.93. The maximum atomic E-state index is 13.2. The Balaban J connectivity index is 1.56. The van der Waals surface area contributed by atoms with Gasteiger partial charge in [-0.1, -0.05) is 36.4 Å². The van der Waals surface area contributed by atoms with E-state index in [1.165, 1.54) is 18.2 Å². The Hall–Kier alpha value is -3.75. The summed E-state index contributed by atoms with van der Waals surface area (Å²) < 4.78 is 0. The minimum atomic E-state index is -1.16. The van der Waals surface area contributed by atoms with Crippen molar-refractivity contribution in [2.24, 2.45) is 0 Å². The van der Waals surface area contributed by atoms with Crippen LogP contribution in [0.25, 0.3) is 0 Å². The summed E-state index contributed by atoms with van der Waals surface area (Å²) in [6, 6.07) is 12.5. The van der Waals surface area contributed by atoms with Gasteiger partial charge in [0, 0.05) is 6.07 Å². The lowest BCUT2D eigenvalue weighted by Gasteiger charge is -2.33. The van der Waals surface area contributed by atoms with Gasteiger partial charge < -0.3 is 10.6 Å². The fourth-order valence-electron chi connectivity index (χ4n) is 4.03. The SMILES string of the molecule is O=C(CN1C(=O)N[C@@]2(CCCc3ccccc32)C1=O)Nc1ccccc1[N+](=O)[O-]. The first-order chi connectivity index (χ1) is 13.9. The van der Waals surface area contributed by atoms with Crippen molar-refractivity contribution in [2.75, 3.05) is 11.9 Å². The standard InChI is InChI=1S/C20H18N4O5/c25-17(21-15-9-3-4-10-16(15)24(28)29)12-23-18(26)20(22-19(23)27)11-5-7-13-6-1-2-8-14(13)20/h1-4,6,8-10H,5,7,11-12H2,(H,21,25)(H,22,27)/t20-/m1/s1. The number of nitrogens with one attached hydrogen (secondary N) is 2. The molecule has 0 bridgehead atoms. The maximum Gasteiger partial charge on any atom is 0.325 e. The van der Waals surface area contributed by atoms with Crippen molar-refractivity contribution in [3.8, 4) is 0 Å². The molecule has 1 spiro atoms. The molecule has 1 saturated heterocycles. The van der Waals surface area contributed by atoms with Gasteiger partial charge in [-0.15, -0.1) is 0 Å². The molecule has 9 heteroatoms. The number of carbonyl (C=O) groups is 3. The topological polar surface area (TPSA) is 122 Å². The van der Waals surface area contributed by atoms with Crippen LogP contribution >= 0.6 is 0 Å². The minimum absolute atomic E-state index is 0.00674. The van der Waals surface area contributed by atoms with Crippen LogP contribution in [0.4, 0.5) is 16.2 Å². The Kier molecular flexibility index (Phi) is 4.50. The number of hydrogen-bond acceptors (Lipinski definition) is 5. The number of urea groups is 1. The first-order valence-electron chi connectivity index (χ1n) is 9.18. The van der Waals surface area contributed by atoms with Crippen LogP contribution in [0.5, 0.6) is 0 Å². The van der Waals surface area contributed by atoms with Crippen molar-refractivity contribution in [1.82, 2.24) is 10.2 Å². The zero-order valence-corrected chi connectivity index (χ0v) is 15.4. The molecule has 2 N–H and O–H groups in total. The van der Waals surface area contributed by atoms with E-state index in [-0.39, 0.29) is 11.4 Å². The molecule has 2 aromatic carbocycles. The highest BCUT2D eigenvalue weighted by Gasteiger charge is 2.54. The number of hydrogen-bond donors (Lipinski definition) is 2. The summed E-state index contributed by atoms with van der Waals surface area (Å²) in [5.41, 5.74) is 0.332. The fourth-order valence-corrected chi connectivity index (χ4v) is 4.03. The second-order valence-electron chi connectivity index (χ2n) is 7.06. The number of imide groups is 1. The van der Waals surface area contributed by atoms with Gasteiger partial charge >= 0.3 is 6.03 Å². The summed E-state index contributed by atoms with van der Waals surface area (Å²) in [5, 5.41) is 16.3. The molecular weight excluding hydrogens is 376 g/mol. The third-order valence-electron chi connectivity index (χ3n) is 5.33. The number of para-hydroxylation sites is 2. The number of nitro groups is 1. The van der Waals surface area contributed by atoms with E-state index in [1.807, 2.05) is 24.3 Å². The van der Waals surface area contributed by atoms with Crippen LogP contribution < -0.4 is 10.6 Å². The molecule has 0 saturated carbocycles. The van der Waals surface area contributed by atoms with Gasteiger partial charge in [-0.25, -0.2) is 4.79 Å². The Bertz CT molecular complexity index is 1040. The quantitative estimate of drug-likeness (QED) is 0.468. The Labute approximate surface area is 165 Å². The van der Waals surface area contributed by atoms with Gasteiger partial charge in [0.15, 0.2) is 0 Å². The molecule has 0 aromatic heterocycles. The van der Waals surface area contributed by atoms with Crippen molar-refractivity contribution >= 4 is 29.2 Å². The van der Waals surface area contributed by atoms with Gasteiger partial charge in [0.25, 0.3) is 11.6 Å². The number of carbonyl (C=O) groups excluding carboxylic acids is 3. The molecule has 1 aliphatic carbocycles. The van der Waals surface area contributed by atoms with Gasteiger partial charge in [0.1, 0.15) is 17.8 Å². The van der Waals surface area contributed by atoms with Crippen molar-refractivity contribution in [3.05, 3.63) is 69.8 Å². The lowest BCUT2D eigenvalue weighted by Crippen LogP contribution is -2.47. The molecule has 0 unspecified atom stereocenters. The third-order valence-corrected chi connectivity index (χ3v) is 5.33. The first-order valence-corrected chi connectivity index (χ1v) is 9.18. The van der Waals surface area contributed by atoms with E-state index < -0.39 is 34.9 Å². The number of fused-ring (bicyclic) bond motifs is 2. The highest BCUT2D eigenvalue weighted by molar-refractivity contribution is 6.10. The Morgan fingerprint density at radius 3 is 2.69 bits per heavy atom. The molecule has 9 nitrogen and oxygen atoms in total. The second kappa shape index (κ2) is 7.01. The predicted octanol–water partition coefficient (Wildman–Crippen LogP) is 2.32. The summed E-state index contributed by atoms with van der Waals surface area (Å²) in [6.45, 7) is -0.527. The maximum absolute atomic E-state index is 13.2. The predicted molar refractivity (Wildman–Crippen MR) is 103 cm³/mol. The molecule has 2 aliphatic rings. The lowest BCUT2D eigenvalue weighted by atomic mass is 9.76. The highest BCUT2D eigenvalue weighted by Crippen LogP contribution is 2.39. The van der Waals surface area contributed by atoms with Crippen LogP contribution in [0.1, 0.15) is 24.0 Å². The van der Waals surface area contributed by atoms with Crippen LogP contribution in [-0.2, 0) is 21.5 Å². The van der Waals surface area contributed by atoms with Gasteiger partial charge in [0.05, 0.1) is 4.92 Å². The molecule has 1 fully saturated rings. The van der Waals surface area contributed by atoms with Crippen molar-refractivity contribution in [2.45, 2.75) is 24.8 Å². The van der Waals surface area contributed by atoms with E-state index in [0.29, 0.717) is 6.42 Å². The van der Waals surface area contributed by atoms with Crippen LogP contribution in [-0.4, -0.2) is 34.2 Å². The first kappa shape index (κ1) is 18.6. The molecule has 2 aromatic rings. The van der Waals surface area contributed by atoms with Crippen LogP contribution in [0.2, 0.25) is 0 Å². The van der Waals surface area contributed by atoms with Crippen LogP contribution in [0, 0.1) is 10.1 Å². The van der Waals surface area contributed by atoms with Gasteiger partial charge in [0.2, 0.25) is 5.91 Å². The summed E-state index contributed by atoms with van der Waals surface area (Å²) in [6.07, 6.45) is 2.01. The van der Waals surface area contributed by atoms with E-state index in [1.54, 1.807) is 6.07 Å². The monoisotopic (exact) mass is 394 g/mol. The van der Waals surface area contributed by atoms with Crippen LogP contribution in [0.15, 0.2) is 48.5 Å². The number of nitrogens with zero attached hydrogens (tertiary/aromatic N) is 2. The molecular formula is C20H18N4O5. The smallest absolute Gasteiger partial charge is 0.319 e. The van der Waals surface area contributed by atoms with Crippen molar-refractivity contribution in [3.63, 3.8) is 0 Å². The van der Waals surface area contributed by atoms with Gasteiger partial charge in [-0.2, -0.15) is 0 Å². The van der Waals surface area contributed by atoms with E-state index in [2.05, 4.69) is 10.6 Å². The largest absolute Gasteiger partial charge is 0.325 e. The van der Waals surface area contributed by atoms with E-state index in [4.69, 9.17) is 0 Å². The van der Waals surface area contributed by atoms with Crippen LogP contribution in [0.3, 0.4) is 0 Å². The fraction of sp³-hybridized carbons (Fsp3) is 0.250. The number of aryl methyl sites for hydroxylation is 1. The van der Waals surface area contributed by atoms with Crippen molar-refractivity contribution in [1.29, 1.82) is 0 Å². The number of benzene rings is 2. The molecule has 29 heavy (non-hydrogen) atoms. The van der Waals surface area contributed by atoms with Gasteiger partial charge in [-0.3, -0.25) is 24.6 Å². The number of amides is 4. The normalized spacial score (nSPS) is 20.3. The molecule has 1 heterocycles. The van der Waals surface area contributed by atoms with E-state index >= 15 is 0 Å². The highest BCUT2D eigenvalue weighted by atomic mass is 16.6. The molecule has 0 radical (unpaired) electrons. The van der Waals surface area contributed by atoms with Gasteiger partial charge in [-0.05, 0) is 36.5 Å². The number of anilines is 1. The number of nitro benzene ring substituents is 1. The van der Waals surface area contributed by atoms with E-state index in [9.17, 15) is 24.5 Å². The molecule has 148 valence electrons. The minimum Gasteiger partial charge on any atom is -0.319 e. The summed E-state index contributed by atoms with van der Waals surface area (Å²) >= 11 is 0. The molecule has 1 atom stereocenters. The zero-order valence-electron chi connectivity index (χ0n) is 15.4. The zero-order chi connectivity index (χ0) is 20.6. The van der Waals surface area contributed by atoms with Crippen molar-refractivity contribution < 1.29 is 19.3 Å². The Morgan fingerprint density at radius 2 is 1.90 bits per heavy atom. The third kappa shape index (κ3) is 3.10. The number of rotatable bonds is 4. The molecule has 4 amide bonds. The molecule has 4 rings (SSSR count). The summed E-state index contributed by atoms with van der Waals surface area (Å²) in [5.74, 6) is -1.17. The summed E-state index contributed by atoms with van der Waals surface area (Å²) in [4.78, 5) is 49.5.